The minimum atomic E-state index is 0.185. The van der Waals surface area contributed by atoms with Crippen LogP contribution < -0.4 is 4.90 Å². The van der Waals surface area contributed by atoms with Crippen LogP contribution in [-0.2, 0) is 18.3 Å². The summed E-state index contributed by atoms with van der Waals surface area (Å²) in [5.41, 5.74) is 3.16. The Morgan fingerprint density at radius 2 is 1.83 bits per heavy atom. The van der Waals surface area contributed by atoms with Crippen molar-refractivity contribution in [2.24, 2.45) is 7.05 Å². The maximum absolute atomic E-state index is 12.9. The molecule has 1 amide bonds. The topological polar surface area (TPSA) is 54.3 Å². The molecule has 0 saturated carbocycles. The molecule has 1 aromatic carbocycles. The van der Waals surface area contributed by atoms with Gasteiger partial charge in [-0.25, -0.2) is 0 Å². The molecule has 7 heteroatoms. The molecule has 1 fully saturated rings. The number of para-hydroxylation sites is 1. The molecule has 1 aliphatic rings. The summed E-state index contributed by atoms with van der Waals surface area (Å²) in [5.74, 6) is 1.06. The van der Waals surface area contributed by atoms with Gasteiger partial charge in [0, 0.05) is 50.3 Å². The average Bonchev–Trinajstić information content (AvgIpc) is 3.43. The minimum absolute atomic E-state index is 0.185. The Labute approximate surface area is 179 Å². The number of piperazine rings is 1. The Hall–Kier alpha value is -3.19. The average molecular weight is 418 g/mol. The molecule has 30 heavy (non-hydrogen) atoms. The number of carbonyl (C=O) groups is 1. The molecule has 0 radical (unpaired) electrons. The fourth-order valence-corrected chi connectivity index (χ4v) is 4.77. The van der Waals surface area contributed by atoms with Crippen LogP contribution in [0.15, 0.2) is 60.1 Å². The Morgan fingerprint density at radius 3 is 2.57 bits per heavy atom. The third-order valence-electron chi connectivity index (χ3n) is 5.70. The number of fused-ring (bicyclic) bond motifs is 1. The SMILES string of the molecule is Cn1cc(CC(=O)N2CCN(c3ccc(-c4cccs4)nn3)CC2)c2ccccc21. The van der Waals surface area contributed by atoms with Crippen LogP contribution in [0.25, 0.3) is 21.5 Å². The van der Waals surface area contributed by atoms with E-state index in [0.29, 0.717) is 19.5 Å². The van der Waals surface area contributed by atoms with Crippen LogP contribution in [0.3, 0.4) is 0 Å². The van der Waals surface area contributed by atoms with Crippen LogP contribution >= 0.6 is 11.3 Å². The van der Waals surface area contributed by atoms with E-state index in [1.165, 1.54) is 0 Å². The second-order valence-corrected chi connectivity index (χ2v) is 8.53. The number of rotatable bonds is 4. The first-order chi connectivity index (χ1) is 14.7. The molecule has 1 aliphatic heterocycles. The predicted octanol–water partition coefficient (Wildman–Crippen LogP) is 3.59. The summed E-state index contributed by atoms with van der Waals surface area (Å²) in [6, 6.07) is 16.4. The summed E-state index contributed by atoms with van der Waals surface area (Å²) in [6.45, 7) is 2.96. The lowest BCUT2D eigenvalue weighted by Gasteiger charge is -2.35. The number of benzene rings is 1. The molecule has 3 aromatic heterocycles. The van der Waals surface area contributed by atoms with Gasteiger partial charge in [-0.05, 0) is 35.2 Å². The van der Waals surface area contributed by atoms with Crippen molar-refractivity contribution in [3.8, 4) is 10.6 Å². The monoisotopic (exact) mass is 417 g/mol. The molecule has 0 unspecified atom stereocenters. The third-order valence-corrected chi connectivity index (χ3v) is 6.59. The highest BCUT2D eigenvalue weighted by Gasteiger charge is 2.23. The molecule has 0 N–H and O–H groups in total. The van der Waals surface area contributed by atoms with Crippen LogP contribution in [-0.4, -0.2) is 51.8 Å². The maximum atomic E-state index is 12.9. The van der Waals surface area contributed by atoms with Crippen LogP contribution in [0, 0.1) is 0 Å². The lowest BCUT2D eigenvalue weighted by atomic mass is 10.1. The zero-order valence-corrected chi connectivity index (χ0v) is 17.7. The van der Waals surface area contributed by atoms with Gasteiger partial charge in [0.05, 0.1) is 11.3 Å². The van der Waals surface area contributed by atoms with Crippen molar-refractivity contribution in [1.29, 1.82) is 0 Å². The van der Waals surface area contributed by atoms with Crippen molar-refractivity contribution in [2.75, 3.05) is 31.1 Å². The van der Waals surface area contributed by atoms with E-state index in [-0.39, 0.29) is 5.91 Å². The van der Waals surface area contributed by atoms with Crippen molar-refractivity contribution < 1.29 is 4.79 Å². The first kappa shape index (κ1) is 18.8. The van der Waals surface area contributed by atoms with Gasteiger partial charge in [-0.15, -0.1) is 21.5 Å². The molecule has 1 saturated heterocycles. The van der Waals surface area contributed by atoms with Gasteiger partial charge in [0.1, 0.15) is 5.69 Å². The molecule has 0 atom stereocenters. The molecular weight excluding hydrogens is 394 g/mol. The second kappa shape index (κ2) is 7.91. The predicted molar refractivity (Wildman–Crippen MR) is 121 cm³/mol. The zero-order chi connectivity index (χ0) is 20.5. The summed E-state index contributed by atoms with van der Waals surface area (Å²) in [6.07, 6.45) is 2.51. The fourth-order valence-electron chi connectivity index (χ4n) is 4.08. The molecular formula is C23H23N5OS. The van der Waals surface area contributed by atoms with Gasteiger partial charge in [0.2, 0.25) is 5.91 Å². The van der Waals surface area contributed by atoms with Crippen molar-refractivity contribution in [3.05, 3.63) is 65.7 Å². The third kappa shape index (κ3) is 3.57. The number of amides is 1. The Balaban J connectivity index is 1.22. The van der Waals surface area contributed by atoms with Crippen molar-refractivity contribution in [3.63, 3.8) is 0 Å². The summed E-state index contributed by atoms with van der Waals surface area (Å²) >= 11 is 1.66. The highest BCUT2D eigenvalue weighted by Crippen LogP contribution is 2.24. The first-order valence-electron chi connectivity index (χ1n) is 10.1. The van der Waals surface area contributed by atoms with Crippen LogP contribution in [0.1, 0.15) is 5.56 Å². The summed E-state index contributed by atoms with van der Waals surface area (Å²) in [4.78, 5) is 18.2. The van der Waals surface area contributed by atoms with E-state index in [1.807, 2.05) is 47.7 Å². The van der Waals surface area contributed by atoms with Gasteiger partial charge in [-0.2, -0.15) is 0 Å². The molecule has 152 valence electrons. The standard InChI is InChI=1S/C23H23N5OS/c1-26-16-17(18-5-2-3-6-20(18)26)15-23(29)28-12-10-27(11-13-28)22-9-8-19(24-25-22)21-7-4-14-30-21/h2-9,14,16H,10-13,15H2,1H3. The number of anilines is 1. The highest BCUT2D eigenvalue weighted by atomic mass is 32.1. The van der Waals surface area contributed by atoms with E-state index in [2.05, 4.69) is 44.1 Å². The smallest absolute Gasteiger partial charge is 0.227 e. The van der Waals surface area contributed by atoms with E-state index in [9.17, 15) is 4.79 Å². The normalized spacial score (nSPS) is 14.4. The Kier molecular flexibility index (Phi) is 4.96. The number of aryl methyl sites for hydroxylation is 1. The molecule has 0 aliphatic carbocycles. The molecule has 4 aromatic rings. The van der Waals surface area contributed by atoms with Gasteiger partial charge in [0.15, 0.2) is 5.82 Å². The lowest BCUT2D eigenvalue weighted by Crippen LogP contribution is -2.49. The quantitative estimate of drug-likeness (QED) is 0.509. The Bertz CT molecular complexity index is 1160. The molecule has 5 rings (SSSR count). The van der Waals surface area contributed by atoms with Gasteiger partial charge >= 0.3 is 0 Å². The molecule has 0 bridgehead atoms. The van der Waals surface area contributed by atoms with E-state index in [0.717, 1.165) is 45.9 Å². The molecule has 4 heterocycles. The van der Waals surface area contributed by atoms with Gasteiger partial charge < -0.3 is 14.4 Å². The highest BCUT2D eigenvalue weighted by molar-refractivity contribution is 7.13. The van der Waals surface area contributed by atoms with Gasteiger partial charge in [-0.1, -0.05) is 24.3 Å². The van der Waals surface area contributed by atoms with Gasteiger partial charge in [0.25, 0.3) is 0 Å². The fraction of sp³-hybridized carbons (Fsp3) is 0.261. The number of aromatic nitrogens is 3. The van der Waals surface area contributed by atoms with Crippen LogP contribution in [0.5, 0.6) is 0 Å². The van der Waals surface area contributed by atoms with Crippen molar-refractivity contribution >= 4 is 34.0 Å². The van der Waals surface area contributed by atoms with Crippen LogP contribution in [0.4, 0.5) is 5.82 Å². The molecule has 6 nitrogen and oxygen atoms in total. The van der Waals surface area contributed by atoms with E-state index < -0.39 is 0 Å². The number of hydrogen-bond donors (Lipinski definition) is 0. The minimum Gasteiger partial charge on any atom is -0.352 e. The second-order valence-electron chi connectivity index (χ2n) is 7.58. The first-order valence-corrected chi connectivity index (χ1v) is 11.0. The number of carbonyl (C=O) groups excluding carboxylic acids is 1. The molecule has 0 spiro atoms. The summed E-state index contributed by atoms with van der Waals surface area (Å²) < 4.78 is 2.09. The zero-order valence-electron chi connectivity index (χ0n) is 16.9. The number of thiophene rings is 1. The van der Waals surface area contributed by atoms with E-state index >= 15 is 0 Å². The lowest BCUT2D eigenvalue weighted by molar-refractivity contribution is -0.130. The van der Waals surface area contributed by atoms with Gasteiger partial charge in [-0.3, -0.25) is 4.79 Å². The van der Waals surface area contributed by atoms with Crippen molar-refractivity contribution in [2.45, 2.75) is 6.42 Å². The van der Waals surface area contributed by atoms with E-state index in [1.54, 1.807) is 11.3 Å². The Morgan fingerprint density at radius 1 is 1.00 bits per heavy atom. The van der Waals surface area contributed by atoms with E-state index in [4.69, 9.17) is 0 Å². The largest absolute Gasteiger partial charge is 0.352 e. The number of nitrogens with zero attached hydrogens (tertiary/aromatic N) is 5. The van der Waals surface area contributed by atoms with Crippen molar-refractivity contribution in [1.82, 2.24) is 19.7 Å². The summed E-state index contributed by atoms with van der Waals surface area (Å²) in [7, 11) is 2.03. The number of hydrogen-bond acceptors (Lipinski definition) is 5. The maximum Gasteiger partial charge on any atom is 0.227 e. The van der Waals surface area contributed by atoms with Crippen LogP contribution in [0.2, 0.25) is 0 Å². The summed E-state index contributed by atoms with van der Waals surface area (Å²) in [5, 5.41) is 12.0.